The van der Waals surface area contributed by atoms with Crippen LogP contribution in [0.4, 0.5) is 10.1 Å². The van der Waals surface area contributed by atoms with Crippen molar-refractivity contribution < 1.29 is 19.4 Å². The molecule has 1 aromatic carbocycles. The average molecular weight is 227 g/mol. The molecule has 0 aliphatic carbocycles. The highest BCUT2D eigenvalue weighted by atomic mass is 19.1. The van der Waals surface area contributed by atoms with Crippen LogP contribution in [0, 0.1) is 5.82 Å². The first kappa shape index (κ1) is 12.4. The van der Waals surface area contributed by atoms with Crippen LogP contribution >= 0.6 is 0 Å². The van der Waals surface area contributed by atoms with E-state index in [4.69, 9.17) is 15.9 Å². The normalized spacial score (nSPS) is 14.4. The number of hydrogen-bond donors (Lipinski definition) is 3. The number of nitrogens with two attached hydrogens (primary N) is 1. The van der Waals surface area contributed by atoms with E-state index in [1.165, 1.54) is 19.1 Å². The van der Waals surface area contributed by atoms with E-state index in [2.05, 4.69) is 0 Å². The molecule has 0 fully saturated rings. The molecule has 1 atom stereocenters. The lowest BCUT2D eigenvalue weighted by molar-refractivity contribution is -0.143. The highest BCUT2D eigenvalue weighted by Gasteiger charge is 2.36. The van der Waals surface area contributed by atoms with Crippen molar-refractivity contribution in [2.24, 2.45) is 0 Å². The zero-order chi connectivity index (χ0) is 12.3. The number of carboxylic acids is 1. The number of aliphatic carboxylic acids is 1. The van der Waals surface area contributed by atoms with Crippen molar-refractivity contribution in [2.45, 2.75) is 18.8 Å². The molecule has 5 heteroatoms. The summed E-state index contributed by atoms with van der Waals surface area (Å²) < 4.78 is 13.1. The minimum Gasteiger partial charge on any atom is -0.481 e. The Bertz CT molecular complexity index is 408. The smallest absolute Gasteiger partial charge is 0.314 e. The summed E-state index contributed by atoms with van der Waals surface area (Å²) >= 11 is 0. The van der Waals surface area contributed by atoms with Crippen LogP contribution in [0.15, 0.2) is 18.2 Å². The lowest BCUT2D eigenvalue weighted by Gasteiger charge is -2.25. The molecule has 0 spiro atoms. The summed E-state index contributed by atoms with van der Waals surface area (Å²) in [6.45, 7) is 1.11. The highest BCUT2D eigenvalue weighted by molar-refractivity contribution is 5.83. The molecule has 0 amide bonds. The second-order valence-electron chi connectivity index (χ2n) is 3.84. The van der Waals surface area contributed by atoms with Crippen LogP contribution in [0.25, 0.3) is 0 Å². The molecule has 0 saturated carbocycles. The molecule has 4 nitrogen and oxygen atoms in total. The third kappa shape index (κ3) is 2.14. The summed E-state index contributed by atoms with van der Waals surface area (Å²) in [5.74, 6) is -1.69. The molecule has 0 aromatic heterocycles. The Balaban J connectivity index is 3.31. The van der Waals surface area contributed by atoms with Gasteiger partial charge in [0, 0.05) is 12.3 Å². The average Bonchev–Trinajstić information content (AvgIpc) is 2.21. The fraction of sp³-hybridized carbons (Fsp3) is 0.364. The maximum Gasteiger partial charge on any atom is 0.314 e. The molecule has 0 bridgehead atoms. The van der Waals surface area contributed by atoms with Crippen LogP contribution < -0.4 is 5.73 Å². The van der Waals surface area contributed by atoms with E-state index in [1.807, 2.05) is 0 Å². The van der Waals surface area contributed by atoms with Gasteiger partial charge in [-0.1, -0.05) is 0 Å². The largest absolute Gasteiger partial charge is 0.481 e. The molecule has 0 radical (unpaired) electrons. The number of carboxylic acid groups (broad SMARTS) is 1. The lowest BCUT2D eigenvalue weighted by atomic mass is 9.79. The van der Waals surface area contributed by atoms with E-state index in [0.29, 0.717) is 0 Å². The van der Waals surface area contributed by atoms with Crippen molar-refractivity contribution in [1.82, 2.24) is 0 Å². The zero-order valence-corrected chi connectivity index (χ0v) is 8.90. The van der Waals surface area contributed by atoms with Gasteiger partial charge in [-0.05, 0) is 37.1 Å². The van der Waals surface area contributed by atoms with Crippen LogP contribution in [0.1, 0.15) is 18.9 Å². The molecule has 0 saturated heterocycles. The van der Waals surface area contributed by atoms with Crippen LogP contribution in [-0.4, -0.2) is 22.8 Å². The van der Waals surface area contributed by atoms with E-state index >= 15 is 0 Å². The maximum atomic E-state index is 13.1. The van der Waals surface area contributed by atoms with Crippen molar-refractivity contribution in [2.75, 3.05) is 12.3 Å². The van der Waals surface area contributed by atoms with Crippen LogP contribution in [0.5, 0.6) is 0 Å². The number of aliphatic hydroxyl groups excluding tert-OH is 1. The Hall–Kier alpha value is -1.62. The van der Waals surface area contributed by atoms with Crippen molar-refractivity contribution in [3.05, 3.63) is 29.6 Å². The zero-order valence-electron chi connectivity index (χ0n) is 8.90. The molecular weight excluding hydrogens is 213 g/mol. The second-order valence-corrected chi connectivity index (χ2v) is 3.84. The maximum absolute atomic E-state index is 13.1. The molecule has 0 aliphatic heterocycles. The van der Waals surface area contributed by atoms with Gasteiger partial charge in [0.25, 0.3) is 0 Å². The van der Waals surface area contributed by atoms with E-state index in [9.17, 15) is 9.18 Å². The van der Waals surface area contributed by atoms with E-state index in [0.717, 1.165) is 6.07 Å². The first-order chi connectivity index (χ1) is 7.41. The number of anilines is 1. The summed E-state index contributed by atoms with van der Waals surface area (Å²) in [6, 6.07) is 3.59. The first-order valence-electron chi connectivity index (χ1n) is 4.81. The van der Waals surface area contributed by atoms with Gasteiger partial charge in [-0.3, -0.25) is 4.79 Å². The van der Waals surface area contributed by atoms with Gasteiger partial charge in [-0.2, -0.15) is 0 Å². The van der Waals surface area contributed by atoms with Gasteiger partial charge in [0.05, 0.1) is 5.41 Å². The summed E-state index contributed by atoms with van der Waals surface area (Å²) in [4.78, 5) is 11.2. The second kappa shape index (κ2) is 4.49. The number of nitrogen functional groups attached to an aromatic ring is 1. The standard InChI is InChI=1S/C11H14FNO3/c1-11(4-5-14,10(15)16)8-6-7(12)2-3-9(8)13/h2-3,6,14H,4-5,13H2,1H3,(H,15,16). The van der Waals surface area contributed by atoms with Gasteiger partial charge in [-0.25, -0.2) is 4.39 Å². The summed E-state index contributed by atoms with van der Waals surface area (Å²) in [5.41, 5.74) is 4.65. The molecular formula is C11H14FNO3. The highest BCUT2D eigenvalue weighted by Crippen LogP contribution is 2.32. The number of halogens is 1. The van der Waals surface area contributed by atoms with E-state index in [-0.39, 0.29) is 24.3 Å². The van der Waals surface area contributed by atoms with Gasteiger partial charge in [0.1, 0.15) is 5.82 Å². The lowest BCUT2D eigenvalue weighted by Crippen LogP contribution is -2.34. The predicted molar refractivity (Wildman–Crippen MR) is 57.5 cm³/mol. The summed E-state index contributed by atoms with van der Waals surface area (Å²) in [7, 11) is 0. The minimum atomic E-state index is -1.37. The number of carbonyl (C=O) groups is 1. The molecule has 1 rings (SSSR count). The molecule has 16 heavy (non-hydrogen) atoms. The third-order valence-corrected chi connectivity index (χ3v) is 2.69. The molecule has 0 aliphatic rings. The Morgan fingerprint density at radius 1 is 1.56 bits per heavy atom. The summed E-state index contributed by atoms with van der Waals surface area (Å²) in [5, 5.41) is 18.0. The molecule has 4 N–H and O–H groups in total. The molecule has 1 aromatic rings. The Kier molecular flexibility index (Phi) is 3.49. The van der Waals surface area contributed by atoms with Gasteiger partial charge in [0.2, 0.25) is 0 Å². The van der Waals surface area contributed by atoms with Gasteiger partial charge >= 0.3 is 5.97 Å². The number of rotatable bonds is 4. The van der Waals surface area contributed by atoms with Gasteiger partial charge < -0.3 is 15.9 Å². The monoisotopic (exact) mass is 227 g/mol. The van der Waals surface area contributed by atoms with Gasteiger partial charge in [-0.15, -0.1) is 0 Å². The van der Waals surface area contributed by atoms with Crippen LogP contribution in [0.3, 0.4) is 0 Å². The molecule has 0 heterocycles. The Labute approximate surface area is 92.5 Å². The number of benzene rings is 1. The SMILES string of the molecule is CC(CCO)(C(=O)O)c1cc(F)ccc1N. The van der Waals surface area contributed by atoms with E-state index < -0.39 is 17.2 Å². The first-order valence-corrected chi connectivity index (χ1v) is 4.81. The minimum absolute atomic E-state index is 0.0179. The quantitative estimate of drug-likeness (QED) is 0.673. The van der Waals surface area contributed by atoms with Gasteiger partial charge in [0.15, 0.2) is 0 Å². The Morgan fingerprint density at radius 3 is 2.69 bits per heavy atom. The number of hydrogen-bond acceptors (Lipinski definition) is 3. The fourth-order valence-corrected chi connectivity index (χ4v) is 1.59. The summed E-state index contributed by atoms with van der Waals surface area (Å²) in [6.07, 6.45) is -0.0179. The van der Waals surface area contributed by atoms with Crippen molar-refractivity contribution >= 4 is 11.7 Å². The fourth-order valence-electron chi connectivity index (χ4n) is 1.59. The van der Waals surface area contributed by atoms with Crippen LogP contribution in [-0.2, 0) is 10.2 Å². The van der Waals surface area contributed by atoms with E-state index in [1.54, 1.807) is 0 Å². The predicted octanol–water partition coefficient (Wildman–Crippen LogP) is 1.13. The molecule has 1 unspecified atom stereocenters. The van der Waals surface area contributed by atoms with Crippen molar-refractivity contribution in [3.63, 3.8) is 0 Å². The third-order valence-electron chi connectivity index (χ3n) is 2.69. The van der Waals surface area contributed by atoms with Crippen LogP contribution in [0.2, 0.25) is 0 Å². The van der Waals surface area contributed by atoms with Crippen molar-refractivity contribution in [1.29, 1.82) is 0 Å². The molecule has 88 valence electrons. The Morgan fingerprint density at radius 2 is 2.19 bits per heavy atom. The number of aliphatic hydroxyl groups is 1. The van der Waals surface area contributed by atoms with Crippen molar-refractivity contribution in [3.8, 4) is 0 Å². The topological polar surface area (TPSA) is 83.5 Å².